The molecule has 0 aliphatic carbocycles. The molecule has 0 saturated heterocycles. The van der Waals surface area contributed by atoms with Crippen molar-refractivity contribution in [2.24, 2.45) is 0 Å². The number of amides is 1. The van der Waals surface area contributed by atoms with E-state index >= 15 is 0 Å². The van der Waals surface area contributed by atoms with Crippen LogP contribution in [0.5, 0.6) is 5.75 Å². The smallest absolute Gasteiger partial charge is 0.252 e. The van der Waals surface area contributed by atoms with Gasteiger partial charge in [0.2, 0.25) is 5.91 Å². The van der Waals surface area contributed by atoms with Crippen molar-refractivity contribution in [3.05, 3.63) is 70.0 Å². The average Bonchev–Trinajstić information content (AvgIpc) is 2.74. The first-order valence-electron chi connectivity index (χ1n) is 9.70. The summed E-state index contributed by atoms with van der Waals surface area (Å²) < 4.78 is 5.17. The Bertz CT molecular complexity index is 1090. The van der Waals surface area contributed by atoms with Crippen LogP contribution < -0.4 is 15.6 Å². The van der Waals surface area contributed by atoms with Crippen molar-refractivity contribution in [2.75, 3.05) is 12.4 Å². The number of aromatic nitrogens is 2. The van der Waals surface area contributed by atoms with Crippen LogP contribution in [0.25, 0.3) is 11.3 Å². The summed E-state index contributed by atoms with van der Waals surface area (Å²) in [4.78, 5) is 32.2. The van der Waals surface area contributed by atoms with E-state index in [1.165, 1.54) is 23.4 Å². The summed E-state index contributed by atoms with van der Waals surface area (Å²) in [5, 5.41) is 2.99. The Morgan fingerprint density at radius 2 is 1.87 bits per heavy atom. The first kappa shape index (κ1) is 21.6. The number of benzene rings is 2. The van der Waals surface area contributed by atoms with Crippen LogP contribution in [0.2, 0.25) is 0 Å². The molecule has 1 unspecified atom stereocenters. The van der Waals surface area contributed by atoms with Gasteiger partial charge in [-0.2, -0.15) is 0 Å². The Morgan fingerprint density at radius 3 is 2.50 bits per heavy atom. The van der Waals surface area contributed by atoms with E-state index in [9.17, 15) is 9.59 Å². The predicted octanol–water partition coefficient (Wildman–Crippen LogP) is 4.57. The van der Waals surface area contributed by atoms with Crippen molar-refractivity contribution in [2.45, 2.75) is 37.6 Å². The molecule has 0 bridgehead atoms. The van der Waals surface area contributed by atoms with E-state index in [0.29, 0.717) is 17.3 Å². The van der Waals surface area contributed by atoms with Crippen LogP contribution >= 0.6 is 11.8 Å². The van der Waals surface area contributed by atoms with E-state index in [0.717, 1.165) is 22.6 Å². The summed E-state index contributed by atoms with van der Waals surface area (Å²) in [6.07, 6.45) is 0.595. The Morgan fingerprint density at radius 1 is 1.13 bits per heavy atom. The van der Waals surface area contributed by atoms with E-state index in [4.69, 9.17) is 4.74 Å². The van der Waals surface area contributed by atoms with Gasteiger partial charge in [-0.15, -0.1) is 0 Å². The maximum atomic E-state index is 12.8. The molecular weight excluding hydrogens is 398 g/mol. The number of carbonyl (C=O) groups is 1. The molecule has 7 heteroatoms. The molecule has 3 aromatic rings. The van der Waals surface area contributed by atoms with Crippen molar-refractivity contribution in [3.8, 4) is 17.0 Å². The van der Waals surface area contributed by atoms with Crippen molar-refractivity contribution < 1.29 is 9.53 Å². The molecule has 1 atom stereocenters. The molecule has 2 aromatic carbocycles. The molecule has 0 spiro atoms. The highest BCUT2D eigenvalue weighted by Crippen LogP contribution is 2.26. The molecule has 0 fully saturated rings. The molecule has 6 nitrogen and oxygen atoms in total. The minimum Gasteiger partial charge on any atom is -0.497 e. The lowest BCUT2D eigenvalue weighted by Crippen LogP contribution is -2.25. The van der Waals surface area contributed by atoms with E-state index in [2.05, 4.69) is 15.3 Å². The largest absolute Gasteiger partial charge is 0.497 e. The van der Waals surface area contributed by atoms with Crippen molar-refractivity contribution in [3.63, 3.8) is 0 Å². The summed E-state index contributed by atoms with van der Waals surface area (Å²) in [6, 6.07) is 14.6. The van der Waals surface area contributed by atoms with Gasteiger partial charge in [-0.1, -0.05) is 24.8 Å². The van der Waals surface area contributed by atoms with E-state index < -0.39 is 0 Å². The first-order chi connectivity index (χ1) is 14.4. The Labute approximate surface area is 180 Å². The van der Waals surface area contributed by atoms with Crippen LogP contribution in [-0.4, -0.2) is 28.2 Å². The highest BCUT2D eigenvalue weighted by molar-refractivity contribution is 8.00. The standard InChI is InChI=1S/C23H25N3O3S/c1-5-20(22(28)24-17-9-6-14(2)15(3)12-17)30-23-25-19(13-21(27)26-23)16-7-10-18(29-4)11-8-16/h6-13,20H,5H2,1-4H3,(H,24,28)(H,25,26,27). The number of rotatable bonds is 7. The van der Waals surface area contributed by atoms with Crippen molar-refractivity contribution in [1.82, 2.24) is 9.97 Å². The Balaban J connectivity index is 1.78. The zero-order valence-corrected chi connectivity index (χ0v) is 18.3. The van der Waals surface area contributed by atoms with Crippen LogP contribution in [0.1, 0.15) is 24.5 Å². The maximum absolute atomic E-state index is 12.8. The summed E-state index contributed by atoms with van der Waals surface area (Å²) in [6.45, 7) is 5.98. The Hall–Kier alpha value is -3.06. The minimum absolute atomic E-state index is 0.122. The number of aromatic amines is 1. The van der Waals surface area contributed by atoms with Gasteiger partial charge in [-0.25, -0.2) is 4.98 Å². The number of H-pyrrole nitrogens is 1. The minimum atomic E-state index is -0.388. The van der Waals surface area contributed by atoms with Gasteiger partial charge < -0.3 is 15.0 Å². The number of thioether (sulfide) groups is 1. The van der Waals surface area contributed by atoms with E-state index in [-0.39, 0.29) is 16.7 Å². The second-order valence-electron chi connectivity index (χ2n) is 6.97. The van der Waals surface area contributed by atoms with Gasteiger partial charge in [0.15, 0.2) is 5.16 Å². The van der Waals surface area contributed by atoms with E-state index in [1.807, 2.05) is 63.2 Å². The van der Waals surface area contributed by atoms with Gasteiger partial charge in [0, 0.05) is 17.3 Å². The molecule has 2 N–H and O–H groups in total. The molecule has 0 aliphatic rings. The van der Waals surface area contributed by atoms with E-state index in [1.54, 1.807) is 7.11 Å². The lowest BCUT2D eigenvalue weighted by Gasteiger charge is -2.15. The molecule has 30 heavy (non-hydrogen) atoms. The number of ether oxygens (including phenoxy) is 1. The summed E-state index contributed by atoms with van der Waals surface area (Å²) in [7, 11) is 1.60. The van der Waals surface area contributed by atoms with Crippen LogP contribution in [0.3, 0.4) is 0 Å². The fourth-order valence-electron chi connectivity index (χ4n) is 2.90. The lowest BCUT2D eigenvalue weighted by molar-refractivity contribution is -0.115. The lowest BCUT2D eigenvalue weighted by atomic mass is 10.1. The predicted molar refractivity (Wildman–Crippen MR) is 121 cm³/mol. The van der Waals surface area contributed by atoms with Gasteiger partial charge in [0.25, 0.3) is 5.56 Å². The molecule has 1 heterocycles. The molecule has 0 radical (unpaired) electrons. The van der Waals surface area contributed by atoms with Gasteiger partial charge in [0.05, 0.1) is 18.1 Å². The second kappa shape index (κ2) is 9.63. The molecule has 156 valence electrons. The number of aryl methyl sites for hydroxylation is 2. The third kappa shape index (κ3) is 5.30. The van der Waals surface area contributed by atoms with Gasteiger partial charge in [-0.05, 0) is 67.8 Å². The first-order valence-corrected chi connectivity index (χ1v) is 10.6. The fourth-order valence-corrected chi connectivity index (χ4v) is 3.81. The number of nitrogens with one attached hydrogen (secondary N) is 2. The monoisotopic (exact) mass is 423 g/mol. The van der Waals surface area contributed by atoms with Gasteiger partial charge in [-0.3, -0.25) is 9.59 Å². The van der Waals surface area contributed by atoms with Crippen LogP contribution in [0.4, 0.5) is 5.69 Å². The van der Waals surface area contributed by atoms with Crippen LogP contribution in [-0.2, 0) is 4.79 Å². The summed E-state index contributed by atoms with van der Waals surface area (Å²) in [5.41, 5.74) is 4.14. The highest BCUT2D eigenvalue weighted by atomic mass is 32.2. The summed E-state index contributed by atoms with van der Waals surface area (Å²) in [5.74, 6) is 0.607. The SMILES string of the molecule is CCC(Sc1nc(-c2ccc(OC)cc2)cc(=O)[nH]1)C(=O)Nc1ccc(C)c(C)c1. The zero-order chi connectivity index (χ0) is 21.7. The third-order valence-corrected chi connectivity index (χ3v) is 6.05. The number of anilines is 1. The molecule has 1 aromatic heterocycles. The van der Waals surface area contributed by atoms with Crippen molar-refractivity contribution in [1.29, 1.82) is 0 Å². The molecule has 0 saturated carbocycles. The number of hydrogen-bond donors (Lipinski definition) is 2. The topological polar surface area (TPSA) is 84.1 Å². The molecule has 0 aliphatic heterocycles. The van der Waals surface area contributed by atoms with Crippen molar-refractivity contribution >= 4 is 23.4 Å². The number of hydrogen-bond acceptors (Lipinski definition) is 5. The fraction of sp³-hybridized carbons (Fsp3) is 0.261. The molecular formula is C23H25N3O3S. The molecule has 3 rings (SSSR count). The third-order valence-electron chi connectivity index (χ3n) is 4.80. The van der Waals surface area contributed by atoms with Gasteiger partial charge in [0.1, 0.15) is 5.75 Å². The number of carbonyl (C=O) groups excluding carboxylic acids is 1. The quantitative estimate of drug-likeness (QED) is 0.429. The highest BCUT2D eigenvalue weighted by Gasteiger charge is 2.20. The Kier molecular flexibility index (Phi) is 6.95. The number of methoxy groups -OCH3 is 1. The van der Waals surface area contributed by atoms with Crippen LogP contribution in [0.15, 0.2) is 58.5 Å². The van der Waals surface area contributed by atoms with Gasteiger partial charge >= 0.3 is 0 Å². The second-order valence-corrected chi connectivity index (χ2v) is 8.16. The summed E-state index contributed by atoms with van der Waals surface area (Å²) >= 11 is 1.25. The molecule has 1 amide bonds. The average molecular weight is 424 g/mol. The number of nitrogens with zero attached hydrogens (tertiary/aromatic N) is 1. The van der Waals surface area contributed by atoms with Crippen LogP contribution in [0, 0.1) is 13.8 Å². The normalized spacial score (nSPS) is 11.7. The maximum Gasteiger partial charge on any atom is 0.252 e. The zero-order valence-electron chi connectivity index (χ0n) is 17.5.